The summed E-state index contributed by atoms with van der Waals surface area (Å²) in [6.07, 6.45) is 2.69. The third-order valence-electron chi connectivity index (χ3n) is 6.31. The lowest BCUT2D eigenvalue weighted by molar-refractivity contribution is 0.0628. The lowest BCUT2D eigenvalue weighted by Crippen LogP contribution is -2.50. The lowest BCUT2D eigenvalue weighted by atomic mass is 10.1. The number of aromatic nitrogens is 1. The molecule has 0 radical (unpaired) electrons. The van der Waals surface area contributed by atoms with Crippen molar-refractivity contribution in [3.63, 3.8) is 0 Å². The molecule has 164 valence electrons. The Bertz CT molecular complexity index is 1010. The Morgan fingerprint density at radius 3 is 2.32 bits per heavy atom. The highest BCUT2D eigenvalue weighted by molar-refractivity contribution is 7.13. The van der Waals surface area contributed by atoms with E-state index in [0.717, 1.165) is 66.3 Å². The third-order valence-corrected chi connectivity index (χ3v) is 7.20. The van der Waals surface area contributed by atoms with Gasteiger partial charge in [-0.15, -0.1) is 23.7 Å². The van der Waals surface area contributed by atoms with Crippen LogP contribution in [0.15, 0.2) is 47.8 Å². The molecule has 1 aromatic carbocycles. The zero-order valence-electron chi connectivity index (χ0n) is 17.7. The van der Waals surface area contributed by atoms with Gasteiger partial charge in [0.25, 0.3) is 5.91 Å². The first-order valence-corrected chi connectivity index (χ1v) is 11.8. The van der Waals surface area contributed by atoms with E-state index in [1.165, 1.54) is 25.9 Å². The zero-order valence-corrected chi connectivity index (χ0v) is 19.3. The minimum absolute atomic E-state index is 0. The first-order valence-electron chi connectivity index (χ1n) is 11.0. The molecule has 2 fully saturated rings. The number of para-hydroxylation sites is 1. The number of thiophene rings is 1. The number of benzene rings is 1. The molecule has 5 rings (SSSR count). The SMILES string of the molecule is Cl.O=C(c1cc(-c2cccs2)nc2ccccc12)N1CCN(CCN2CCCC2)CC1. The average Bonchev–Trinajstić information content (AvgIpc) is 3.51. The van der Waals surface area contributed by atoms with E-state index in [9.17, 15) is 4.79 Å². The van der Waals surface area contributed by atoms with Crippen LogP contribution in [-0.4, -0.2) is 77.9 Å². The highest BCUT2D eigenvalue weighted by Gasteiger charge is 2.25. The molecule has 0 unspecified atom stereocenters. The van der Waals surface area contributed by atoms with Crippen molar-refractivity contribution in [3.8, 4) is 10.6 Å². The first-order chi connectivity index (χ1) is 14.8. The number of rotatable bonds is 5. The largest absolute Gasteiger partial charge is 0.336 e. The molecule has 2 aromatic heterocycles. The van der Waals surface area contributed by atoms with Gasteiger partial charge in [-0.2, -0.15) is 0 Å². The Morgan fingerprint density at radius 2 is 1.61 bits per heavy atom. The van der Waals surface area contributed by atoms with Crippen LogP contribution >= 0.6 is 23.7 Å². The Hall–Kier alpha value is -1.99. The Labute approximate surface area is 194 Å². The van der Waals surface area contributed by atoms with Gasteiger partial charge in [0.1, 0.15) is 0 Å². The summed E-state index contributed by atoms with van der Waals surface area (Å²) in [6, 6.07) is 14.1. The van der Waals surface area contributed by atoms with Gasteiger partial charge in [0.15, 0.2) is 0 Å². The summed E-state index contributed by atoms with van der Waals surface area (Å²) in [5, 5.41) is 2.99. The van der Waals surface area contributed by atoms with Gasteiger partial charge < -0.3 is 9.80 Å². The molecule has 1 amide bonds. The number of likely N-dealkylation sites (tertiary alicyclic amines) is 1. The molecule has 0 atom stereocenters. The molecule has 2 aliphatic rings. The van der Waals surface area contributed by atoms with Gasteiger partial charge in [-0.25, -0.2) is 4.98 Å². The van der Waals surface area contributed by atoms with Crippen LogP contribution < -0.4 is 0 Å². The molecular weight excluding hydrogens is 428 g/mol. The summed E-state index contributed by atoms with van der Waals surface area (Å²) < 4.78 is 0. The molecule has 0 saturated carbocycles. The fourth-order valence-corrected chi connectivity index (χ4v) is 5.22. The standard InChI is InChI=1S/C24H28N4OS.ClH/c29-24(28-15-13-27(14-16-28)12-11-26-9-3-4-10-26)20-18-22(23-8-5-17-30-23)25-21-7-2-1-6-19(20)21;/h1-2,5-8,17-18H,3-4,9-16H2;1H. The smallest absolute Gasteiger partial charge is 0.254 e. The number of fused-ring (bicyclic) bond motifs is 1. The van der Waals surface area contributed by atoms with Crippen LogP contribution in [0.5, 0.6) is 0 Å². The third kappa shape index (κ3) is 4.93. The second-order valence-electron chi connectivity index (χ2n) is 8.23. The molecule has 31 heavy (non-hydrogen) atoms. The van der Waals surface area contributed by atoms with E-state index in [2.05, 4.69) is 21.2 Å². The van der Waals surface area contributed by atoms with Crippen molar-refractivity contribution in [2.75, 3.05) is 52.4 Å². The molecule has 0 N–H and O–H groups in total. The molecule has 4 heterocycles. The molecule has 0 aliphatic carbocycles. The van der Waals surface area contributed by atoms with Gasteiger partial charge in [-0.3, -0.25) is 9.69 Å². The molecular formula is C24H29ClN4OS. The molecule has 2 saturated heterocycles. The number of hydrogen-bond acceptors (Lipinski definition) is 5. The Kier molecular flexibility index (Phi) is 7.23. The maximum absolute atomic E-state index is 13.5. The van der Waals surface area contributed by atoms with Gasteiger partial charge in [-0.05, 0) is 49.5 Å². The lowest BCUT2D eigenvalue weighted by Gasteiger charge is -2.35. The van der Waals surface area contributed by atoms with Crippen molar-refractivity contribution >= 4 is 40.6 Å². The van der Waals surface area contributed by atoms with Gasteiger partial charge >= 0.3 is 0 Å². The van der Waals surface area contributed by atoms with Gasteiger partial charge in [-0.1, -0.05) is 24.3 Å². The van der Waals surface area contributed by atoms with Crippen LogP contribution in [0.2, 0.25) is 0 Å². The van der Waals surface area contributed by atoms with E-state index < -0.39 is 0 Å². The summed E-state index contributed by atoms with van der Waals surface area (Å²) in [6.45, 7) is 8.28. The number of hydrogen-bond donors (Lipinski definition) is 0. The number of halogens is 1. The van der Waals surface area contributed by atoms with Crippen LogP contribution in [0.4, 0.5) is 0 Å². The molecule has 5 nitrogen and oxygen atoms in total. The van der Waals surface area contributed by atoms with Crippen molar-refractivity contribution < 1.29 is 4.79 Å². The molecule has 7 heteroatoms. The van der Waals surface area contributed by atoms with Crippen LogP contribution in [0.1, 0.15) is 23.2 Å². The second kappa shape index (κ2) is 10.1. The average molecular weight is 457 g/mol. The monoisotopic (exact) mass is 456 g/mol. The zero-order chi connectivity index (χ0) is 20.3. The normalized spacial score (nSPS) is 17.7. The van der Waals surface area contributed by atoms with Crippen molar-refractivity contribution in [3.05, 3.63) is 53.4 Å². The van der Waals surface area contributed by atoms with Crippen molar-refractivity contribution in [1.82, 2.24) is 19.7 Å². The van der Waals surface area contributed by atoms with E-state index in [1.54, 1.807) is 11.3 Å². The van der Waals surface area contributed by atoms with Gasteiger partial charge in [0.2, 0.25) is 0 Å². The fourth-order valence-electron chi connectivity index (χ4n) is 4.54. The quantitative estimate of drug-likeness (QED) is 0.575. The van der Waals surface area contributed by atoms with Crippen molar-refractivity contribution in [2.45, 2.75) is 12.8 Å². The van der Waals surface area contributed by atoms with E-state index in [-0.39, 0.29) is 18.3 Å². The second-order valence-corrected chi connectivity index (χ2v) is 9.18. The predicted octanol–water partition coefficient (Wildman–Crippen LogP) is 4.24. The summed E-state index contributed by atoms with van der Waals surface area (Å²) in [7, 11) is 0. The molecule has 0 spiro atoms. The Morgan fingerprint density at radius 1 is 0.903 bits per heavy atom. The van der Waals surface area contributed by atoms with Gasteiger partial charge in [0, 0.05) is 44.7 Å². The molecule has 0 bridgehead atoms. The highest BCUT2D eigenvalue weighted by atomic mass is 35.5. The maximum atomic E-state index is 13.5. The van der Waals surface area contributed by atoms with Crippen LogP contribution in [0, 0.1) is 0 Å². The number of piperazine rings is 1. The summed E-state index contributed by atoms with van der Waals surface area (Å²) in [4.78, 5) is 26.5. The van der Waals surface area contributed by atoms with Crippen LogP contribution in [0.3, 0.4) is 0 Å². The fraction of sp³-hybridized carbons (Fsp3) is 0.417. The summed E-state index contributed by atoms with van der Waals surface area (Å²) in [5.41, 5.74) is 2.54. The number of carbonyl (C=O) groups excluding carboxylic acids is 1. The summed E-state index contributed by atoms with van der Waals surface area (Å²) in [5.74, 6) is 0.130. The van der Waals surface area contributed by atoms with Crippen molar-refractivity contribution in [1.29, 1.82) is 0 Å². The number of amides is 1. The first kappa shape index (κ1) is 22.2. The van der Waals surface area contributed by atoms with Gasteiger partial charge in [0.05, 0.1) is 21.7 Å². The summed E-state index contributed by atoms with van der Waals surface area (Å²) >= 11 is 1.66. The van der Waals surface area contributed by atoms with Crippen molar-refractivity contribution in [2.24, 2.45) is 0 Å². The van der Waals surface area contributed by atoms with Crippen LogP contribution in [0.25, 0.3) is 21.5 Å². The highest BCUT2D eigenvalue weighted by Crippen LogP contribution is 2.28. The minimum atomic E-state index is 0. The van der Waals surface area contributed by atoms with Crippen LogP contribution in [-0.2, 0) is 0 Å². The number of nitrogens with zero attached hydrogens (tertiary/aromatic N) is 4. The predicted molar refractivity (Wildman–Crippen MR) is 130 cm³/mol. The number of pyridine rings is 1. The topological polar surface area (TPSA) is 39.7 Å². The minimum Gasteiger partial charge on any atom is -0.336 e. The number of carbonyl (C=O) groups is 1. The molecule has 3 aromatic rings. The molecule has 2 aliphatic heterocycles. The maximum Gasteiger partial charge on any atom is 0.254 e. The Balaban J connectivity index is 0.00000231. The van der Waals surface area contributed by atoms with E-state index in [1.807, 2.05) is 41.3 Å². The van der Waals surface area contributed by atoms with E-state index >= 15 is 0 Å². The van der Waals surface area contributed by atoms with E-state index in [4.69, 9.17) is 4.98 Å². The van der Waals surface area contributed by atoms with E-state index in [0.29, 0.717) is 0 Å².